The van der Waals surface area contributed by atoms with E-state index in [0.717, 1.165) is 0 Å². The van der Waals surface area contributed by atoms with Crippen LogP contribution < -0.4 is 11.1 Å². The van der Waals surface area contributed by atoms with E-state index >= 15 is 0 Å². The third kappa shape index (κ3) is 4.91. The van der Waals surface area contributed by atoms with Gasteiger partial charge in [0.1, 0.15) is 0 Å². The second-order valence-corrected chi connectivity index (χ2v) is 5.95. The van der Waals surface area contributed by atoms with Gasteiger partial charge in [-0.1, -0.05) is 6.92 Å². The highest BCUT2D eigenvalue weighted by Gasteiger charge is 2.21. The van der Waals surface area contributed by atoms with Crippen molar-refractivity contribution in [2.24, 2.45) is 11.7 Å². The summed E-state index contributed by atoms with van der Waals surface area (Å²) in [5.41, 5.74) is 5.26. The molecule has 0 aliphatic heterocycles. The number of amides is 1. The maximum Gasteiger partial charge on any atom is 0.223 e. The Labute approximate surface area is 97.2 Å². The van der Waals surface area contributed by atoms with Crippen molar-refractivity contribution in [3.63, 3.8) is 0 Å². The molecule has 1 unspecified atom stereocenters. The Morgan fingerprint density at radius 2 is 2.06 bits per heavy atom. The number of hydrogen-bond acceptors (Lipinski definition) is 4. The van der Waals surface area contributed by atoms with Crippen LogP contribution >= 0.6 is 0 Å². The number of nitrogens with two attached hydrogens (primary N) is 1. The van der Waals surface area contributed by atoms with Gasteiger partial charge >= 0.3 is 0 Å². The number of carbonyl (C=O) groups is 1. The zero-order valence-corrected chi connectivity index (χ0v) is 10.9. The van der Waals surface area contributed by atoms with Crippen molar-refractivity contribution >= 4 is 15.9 Å². The first-order chi connectivity index (χ1) is 7.35. The Kier molecular flexibility index (Phi) is 6.54. The average Bonchev–Trinajstić information content (AvgIpc) is 2.24. The zero-order chi connectivity index (χ0) is 12.8. The fraction of sp³-hybridized carbons (Fsp3) is 0.889. The summed E-state index contributed by atoms with van der Waals surface area (Å²) in [6, 6.07) is 0. The molecule has 6 nitrogen and oxygen atoms in total. The van der Waals surface area contributed by atoms with Crippen molar-refractivity contribution in [3.05, 3.63) is 0 Å². The molecule has 0 aliphatic rings. The van der Waals surface area contributed by atoms with Crippen molar-refractivity contribution in [3.8, 4) is 0 Å². The third-order valence-electron chi connectivity index (χ3n) is 2.31. The molecule has 0 bridgehead atoms. The molecule has 0 aliphatic carbocycles. The van der Waals surface area contributed by atoms with E-state index in [9.17, 15) is 13.2 Å². The highest BCUT2D eigenvalue weighted by Crippen LogP contribution is 2.05. The monoisotopic (exact) mass is 251 g/mol. The molecule has 0 saturated carbocycles. The maximum absolute atomic E-state index is 11.7. The van der Waals surface area contributed by atoms with Crippen molar-refractivity contribution in [1.29, 1.82) is 0 Å². The lowest BCUT2D eigenvalue weighted by atomic mass is 10.2. The number of rotatable bonds is 7. The Hall–Kier alpha value is -0.660. The van der Waals surface area contributed by atoms with E-state index in [-0.39, 0.29) is 24.1 Å². The molecule has 7 heteroatoms. The van der Waals surface area contributed by atoms with Crippen LogP contribution in [-0.2, 0) is 14.8 Å². The topological polar surface area (TPSA) is 92.5 Å². The minimum absolute atomic E-state index is 0.0282. The number of carbonyl (C=O) groups excluding carboxylic acids is 1. The molecule has 0 rings (SSSR count). The van der Waals surface area contributed by atoms with Crippen molar-refractivity contribution in [2.75, 3.05) is 32.9 Å². The number of nitrogens with zero attached hydrogens (tertiary/aromatic N) is 1. The van der Waals surface area contributed by atoms with Crippen LogP contribution in [0.5, 0.6) is 0 Å². The lowest BCUT2D eigenvalue weighted by Crippen LogP contribution is -2.38. The SMILES string of the molecule is CNC(=O)C(C)CN(C)S(=O)(=O)CCCN. The highest BCUT2D eigenvalue weighted by molar-refractivity contribution is 7.89. The largest absolute Gasteiger partial charge is 0.359 e. The molecule has 96 valence electrons. The van der Waals surface area contributed by atoms with Gasteiger partial charge in [0, 0.05) is 26.6 Å². The first kappa shape index (κ1) is 15.3. The molecule has 0 aromatic carbocycles. The Morgan fingerprint density at radius 3 is 2.50 bits per heavy atom. The minimum atomic E-state index is -3.29. The molecule has 16 heavy (non-hydrogen) atoms. The van der Waals surface area contributed by atoms with Gasteiger partial charge in [-0.15, -0.1) is 0 Å². The Morgan fingerprint density at radius 1 is 1.50 bits per heavy atom. The van der Waals surface area contributed by atoms with Gasteiger partial charge in [0.2, 0.25) is 15.9 Å². The van der Waals surface area contributed by atoms with Crippen molar-refractivity contribution in [1.82, 2.24) is 9.62 Å². The first-order valence-electron chi connectivity index (χ1n) is 5.20. The summed E-state index contributed by atoms with van der Waals surface area (Å²) >= 11 is 0. The number of nitrogens with one attached hydrogen (secondary N) is 1. The molecule has 0 spiro atoms. The summed E-state index contributed by atoms with van der Waals surface area (Å²) in [4.78, 5) is 11.2. The quantitative estimate of drug-likeness (QED) is 0.605. The second kappa shape index (κ2) is 6.82. The summed E-state index contributed by atoms with van der Waals surface area (Å²) in [7, 11) is -0.279. The standard InChI is InChI=1S/C9H21N3O3S/c1-8(9(13)11-2)7-12(3)16(14,15)6-4-5-10/h8H,4-7,10H2,1-3H3,(H,11,13). The fourth-order valence-electron chi connectivity index (χ4n) is 1.25. The summed E-state index contributed by atoms with van der Waals surface area (Å²) in [6.45, 7) is 2.22. The van der Waals surface area contributed by atoms with Gasteiger partial charge in [0.15, 0.2) is 0 Å². The molecular weight excluding hydrogens is 230 g/mol. The summed E-state index contributed by atoms with van der Waals surface area (Å²) in [5.74, 6) is -0.496. The number of sulfonamides is 1. The molecule has 3 N–H and O–H groups in total. The van der Waals surface area contributed by atoms with Crippen LogP contribution in [0.15, 0.2) is 0 Å². The van der Waals surface area contributed by atoms with Crippen LogP contribution in [-0.4, -0.2) is 51.6 Å². The first-order valence-corrected chi connectivity index (χ1v) is 6.81. The molecular formula is C9H21N3O3S. The van der Waals surface area contributed by atoms with E-state index < -0.39 is 10.0 Å². The van der Waals surface area contributed by atoms with E-state index in [1.807, 2.05) is 0 Å². The lowest BCUT2D eigenvalue weighted by Gasteiger charge is -2.20. The summed E-state index contributed by atoms with van der Waals surface area (Å²) in [5, 5.41) is 2.48. The van der Waals surface area contributed by atoms with E-state index in [1.165, 1.54) is 18.4 Å². The van der Waals surface area contributed by atoms with Crippen molar-refractivity contribution in [2.45, 2.75) is 13.3 Å². The third-order valence-corrected chi connectivity index (χ3v) is 4.21. The van der Waals surface area contributed by atoms with E-state index in [1.54, 1.807) is 6.92 Å². The van der Waals surface area contributed by atoms with Crippen LogP contribution in [0.25, 0.3) is 0 Å². The minimum Gasteiger partial charge on any atom is -0.359 e. The average molecular weight is 251 g/mol. The normalized spacial score (nSPS) is 13.8. The molecule has 0 radical (unpaired) electrons. The van der Waals surface area contributed by atoms with Gasteiger partial charge in [0.25, 0.3) is 0 Å². The van der Waals surface area contributed by atoms with E-state index in [4.69, 9.17) is 5.73 Å². The van der Waals surface area contributed by atoms with Crippen LogP contribution in [0.3, 0.4) is 0 Å². The van der Waals surface area contributed by atoms with Gasteiger partial charge in [-0.3, -0.25) is 4.79 Å². The van der Waals surface area contributed by atoms with Gasteiger partial charge in [0.05, 0.1) is 5.75 Å². The zero-order valence-electron chi connectivity index (χ0n) is 10.1. The molecule has 1 amide bonds. The molecule has 1 atom stereocenters. The van der Waals surface area contributed by atoms with Crippen LogP contribution in [0.2, 0.25) is 0 Å². The molecule has 0 aromatic rings. The number of hydrogen-bond donors (Lipinski definition) is 2. The molecule has 0 heterocycles. The maximum atomic E-state index is 11.7. The van der Waals surface area contributed by atoms with E-state index in [2.05, 4.69) is 5.32 Å². The van der Waals surface area contributed by atoms with Crippen LogP contribution in [0.1, 0.15) is 13.3 Å². The van der Waals surface area contributed by atoms with Gasteiger partial charge < -0.3 is 11.1 Å². The second-order valence-electron chi connectivity index (χ2n) is 3.75. The van der Waals surface area contributed by atoms with Crippen LogP contribution in [0, 0.1) is 5.92 Å². The fourth-order valence-corrected chi connectivity index (χ4v) is 2.54. The van der Waals surface area contributed by atoms with Gasteiger partial charge in [-0.25, -0.2) is 12.7 Å². The summed E-state index contributed by atoms with van der Waals surface area (Å²) < 4.78 is 24.6. The predicted octanol–water partition coefficient (Wildman–Crippen LogP) is -1.02. The predicted molar refractivity (Wildman–Crippen MR) is 63.3 cm³/mol. The van der Waals surface area contributed by atoms with Gasteiger partial charge in [-0.2, -0.15) is 0 Å². The van der Waals surface area contributed by atoms with Crippen LogP contribution in [0.4, 0.5) is 0 Å². The summed E-state index contributed by atoms with van der Waals surface area (Å²) in [6.07, 6.45) is 0.432. The van der Waals surface area contributed by atoms with Gasteiger partial charge in [-0.05, 0) is 13.0 Å². The Balaban J connectivity index is 4.34. The molecule has 0 fully saturated rings. The molecule has 0 saturated heterocycles. The Bertz CT molecular complexity index is 316. The highest BCUT2D eigenvalue weighted by atomic mass is 32.2. The van der Waals surface area contributed by atoms with Crippen molar-refractivity contribution < 1.29 is 13.2 Å². The lowest BCUT2D eigenvalue weighted by molar-refractivity contribution is -0.124. The van der Waals surface area contributed by atoms with E-state index in [0.29, 0.717) is 13.0 Å². The molecule has 0 aromatic heterocycles. The smallest absolute Gasteiger partial charge is 0.223 e.